The molecule has 3 N–H and O–H groups in total. The van der Waals surface area contributed by atoms with Gasteiger partial charge < -0.3 is 57.6 Å². The van der Waals surface area contributed by atoms with Crippen LogP contribution in [0, 0.1) is 31.6 Å². The van der Waals surface area contributed by atoms with Gasteiger partial charge in [0, 0.05) is 171 Å². The van der Waals surface area contributed by atoms with E-state index in [9.17, 15) is 14.4 Å². The van der Waals surface area contributed by atoms with Crippen LogP contribution >= 0.6 is 34.8 Å². The molecule has 107 heavy (non-hydrogen) atoms. The predicted octanol–water partition coefficient (Wildman–Crippen LogP) is 20.2. The molecule has 15 aromatic rings. The minimum Gasteiger partial charge on any atom is -0.332 e. The van der Waals surface area contributed by atoms with Crippen LogP contribution in [0.15, 0.2) is 115 Å². The van der Waals surface area contributed by atoms with Crippen molar-refractivity contribution >= 4 is 183 Å². The van der Waals surface area contributed by atoms with E-state index in [2.05, 4.69) is 210 Å². The molecule has 6 aromatic heterocycles. The van der Waals surface area contributed by atoms with Gasteiger partial charge in [0.1, 0.15) is 35.9 Å². The lowest BCUT2D eigenvalue weighted by Crippen LogP contribution is -2.54. The van der Waals surface area contributed by atoms with Crippen molar-refractivity contribution < 1.29 is 28.6 Å². The summed E-state index contributed by atoms with van der Waals surface area (Å²) in [6, 6.07) is 41.1. The van der Waals surface area contributed by atoms with Gasteiger partial charge in [-0.1, -0.05) is 110 Å². The molecule has 3 saturated heterocycles. The van der Waals surface area contributed by atoms with Crippen LogP contribution in [0.5, 0.6) is 0 Å². The number of aromatic nitrogens is 6. The van der Waals surface area contributed by atoms with Gasteiger partial charge in [-0.2, -0.15) is 0 Å². The summed E-state index contributed by atoms with van der Waals surface area (Å²) in [7, 11) is 6.15. The van der Waals surface area contributed by atoms with Crippen LogP contribution in [0.2, 0.25) is 15.1 Å². The third kappa shape index (κ3) is 8.08. The fourth-order valence-electron chi connectivity index (χ4n) is 22.8. The molecule has 9 aromatic carbocycles. The summed E-state index contributed by atoms with van der Waals surface area (Å²) in [5.41, 5.74) is 20.5. The highest BCUT2D eigenvalue weighted by molar-refractivity contribution is 6.37. The third-order valence-electron chi connectivity index (χ3n) is 28.0. The van der Waals surface area contributed by atoms with Gasteiger partial charge in [-0.05, 0) is 164 Å². The van der Waals surface area contributed by atoms with E-state index in [0.29, 0.717) is 34.3 Å². The van der Waals surface area contributed by atoms with Gasteiger partial charge in [0.05, 0.1) is 66.2 Å². The number of nitrogens with one attached hydrogen (secondary N) is 3. The number of hydrogen-bond donors (Lipinski definition) is 3. The fraction of sp³-hybridized carbons (Fsp3) is 0.360. The first-order valence-electron chi connectivity index (χ1n) is 38.4. The predicted molar refractivity (Wildman–Crippen MR) is 431 cm³/mol. The number of para-hydroxylation sites is 1. The number of aryl methyl sites for hydroxylation is 5. The molecule has 3 aliphatic carbocycles. The van der Waals surface area contributed by atoms with Gasteiger partial charge in [-0.3, -0.25) is 14.4 Å². The van der Waals surface area contributed by atoms with E-state index in [4.69, 9.17) is 49.0 Å². The zero-order valence-electron chi connectivity index (χ0n) is 61.8. The molecule has 0 spiro atoms. The molecule has 0 amide bonds. The van der Waals surface area contributed by atoms with Crippen LogP contribution in [-0.4, -0.2) is 84.0 Å². The molecule has 15 nitrogen and oxygen atoms in total. The number of ketones is 3. The van der Waals surface area contributed by atoms with Gasteiger partial charge in [-0.15, -0.1) is 0 Å². The van der Waals surface area contributed by atoms with E-state index in [1.807, 2.05) is 25.2 Å². The first-order chi connectivity index (χ1) is 51.6. The fourth-order valence-corrected chi connectivity index (χ4v) is 23.3. The van der Waals surface area contributed by atoms with E-state index in [1.54, 1.807) is 0 Å². The van der Waals surface area contributed by atoms with Crippen LogP contribution in [-0.2, 0) is 50.6 Å². The van der Waals surface area contributed by atoms with E-state index in [-0.39, 0.29) is 71.9 Å². The zero-order chi connectivity index (χ0) is 73.1. The number of fused-ring (bicyclic) bond motifs is 39. The minimum atomic E-state index is -0.597. The molecule has 0 unspecified atom stereocenters. The van der Waals surface area contributed by atoms with Crippen molar-refractivity contribution in [3.63, 3.8) is 0 Å². The van der Waals surface area contributed by atoms with Crippen molar-refractivity contribution in [2.75, 3.05) is 21.1 Å². The van der Waals surface area contributed by atoms with Crippen molar-refractivity contribution in [1.82, 2.24) is 43.4 Å². The number of Topliss-reactive ketones (excluding diaryl/α,β-unsaturated/α-hetero) is 3. The van der Waals surface area contributed by atoms with Crippen LogP contribution in [0.4, 0.5) is 0 Å². The summed E-state index contributed by atoms with van der Waals surface area (Å²) in [4.78, 5) is 40.5. The smallest absolute Gasteiger partial charge is 0.164 e. The Labute approximate surface area is 631 Å². The number of nitrogens with zero attached hydrogens (tertiary/aromatic N) is 6. The van der Waals surface area contributed by atoms with Crippen molar-refractivity contribution in [3.8, 4) is 0 Å². The van der Waals surface area contributed by atoms with Gasteiger partial charge in [0.25, 0.3) is 0 Å². The standard InChI is InChI=1S/2C30H28ClN3O2.C29H26ClN3O2/c1-14-5-7-17-22(11-14)33-24-13-20(32-4)15(2)30(3,36-24)34-21-9-6-16(31)12-19(21)25-18-8-10-23(35)26(18)27(17)28(33)29(25)34;1-14-5-7-17-21(11-14)33-24-13-20(32-4)15(2)30(3,36-24)34-22-12-16(31)6-8-18(22)25-19-9-10-23(35)26(19)27(17)28(33)29(25)34;1-14-19(31-3)13-23-32-20-7-5-4-6-16(20)26-25-18(10-11-22(25)34)24-17-9-8-15(30)12-21(17)33(28(24)27(26)32)29(14,2)35-23/h5-7,9,11-12,15,20,24,32H,8,10,13H2,1-4H3;5-8,11-12,15,20,24,32H,9-10,13H2,1-4H3;4-9,12,14,19,23,31H,10-11,13H2,1-3H3/t2*15-,20-,24-,30+;14-,19-,23-,29+/m111/s1. The van der Waals surface area contributed by atoms with Crippen molar-refractivity contribution in [2.45, 2.75) is 167 Å². The molecule has 0 saturated carbocycles. The SMILES string of the molecule is CN[C@@H]1C[C@H]2O[C@@](C)([C@@H]1C)n1c3cc(Cl)ccc3c3c4c(c5c6ccc(C)cc6n2c5c31)C(=O)CC4.CN[C@@H]1C[C@H]2O[C@@](C)([C@@H]1C)n1c3cc(Cl)ccc3c3c4c(c5c6ccccc6n2c5c31)C(=O)CC4.CN[C@@H]1C[C@H]2O[C@@](C)([C@@H]1C)n1c3ccc(Cl)cc3c3c4c(c5c6ccc(C)cc6n2c5c31)C(=O)CC4. The maximum atomic E-state index is 13.5. The Bertz CT molecular complexity index is 6610. The Morgan fingerprint density at radius 2 is 0.701 bits per heavy atom. The molecule has 24 rings (SSSR count). The summed E-state index contributed by atoms with van der Waals surface area (Å²) in [5, 5.41) is 26.6. The highest BCUT2D eigenvalue weighted by Crippen LogP contribution is 2.60. The average Bonchev–Trinajstić information content (AvgIpc) is 1.51. The summed E-state index contributed by atoms with van der Waals surface area (Å²) < 4.78 is 36.0. The van der Waals surface area contributed by atoms with Gasteiger partial charge in [0.2, 0.25) is 0 Å². The molecule has 6 aliphatic heterocycles. The molecule has 6 bridgehead atoms. The van der Waals surface area contributed by atoms with Gasteiger partial charge >= 0.3 is 0 Å². The topological polar surface area (TPSA) is 145 Å². The first-order valence-corrected chi connectivity index (χ1v) is 39.6. The van der Waals surface area contributed by atoms with Crippen LogP contribution in [0.3, 0.4) is 0 Å². The first kappa shape index (κ1) is 65.5. The summed E-state index contributed by atoms with van der Waals surface area (Å²) >= 11 is 19.8. The second-order valence-corrected chi connectivity index (χ2v) is 34.3. The number of benzene rings is 9. The third-order valence-corrected chi connectivity index (χ3v) is 28.7. The Hall–Kier alpha value is -8.58. The van der Waals surface area contributed by atoms with Crippen LogP contribution in [0.25, 0.3) is 131 Å². The minimum absolute atomic E-state index is 0.148. The second-order valence-electron chi connectivity index (χ2n) is 33.0. The molecular formula is C89H82Cl3N9O6. The zero-order valence-corrected chi connectivity index (χ0v) is 64.1. The normalized spacial score (nSPS) is 27.3. The molecule has 12 heterocycles. The number of carbonyl (C=O) groups is 3. The van der Waals surface area contributed by atoms with E-state index in [1.165, 1.54) is 60.5 Å². The number of rotatable bonds is 3. The van der Waals surface area contributed by atoms with Crippen molar-refractivity contribution in [1.29, 1.82) is 0 Å². The maximum Gasteiger partial charge on any atom is 0.164 e. The summed E-state index contributed by atoms with van der Waals surface area (Å²) in [5.74, 6) is 1.38. The average molecular weight is 1480 g/mol. The van der Waals surface area contributed by atoms with Gasteiger partial charge in [-0.25, -0.2) is 0 Å². The van der Waals surface area contributed by atoms with Crippen molar-refractivity contribution in [2.24, 2.45) is 17.8 Å². The molecule has 18 heteroatoms. The van der Waals surface area contributed by atoms with E-state index in [0.717, 1.165) is 153 Å². The molecule has 9 aliphatic rings. The summed E-state index contributed by atoms with van der Waals surface area (Å²) in [6.07, 6.45) is 6.13. The quantitative estimate of drug-likeness (QED) is 0.157. The van der Waals surface area contributed by atoms with E-state index >= 15 is 0 Å². The Kier molecular flexibility index (Phi) is 13.5. The Balaban J connectivity index is 0.0000000999. The lowest BCUT2D eigenvalue weighted by molar-refractivity contribution is -0.224. The Morgan fingerprint density at radius 1 is 0.364 bits per heavy atom. The summed E-state index contributed by atoms with van der Waals surface area (Å²) in [6.45, 7) is 17.8. The number of halogens is 3. The Morgan fingerprint density at radius 3 is 1.11 bits per heavy atom. The van der Waals surface area contributed by atoms with Crippen LogP contribution in [0.1, 0.15) is 158 Å². The number of ether oxygens (including phenoxy) is 3. The second kappa shape index (κ2) is 22.1. The molecule has 0 radical (unpaired) electrons. The van der Waals surface area contributed by atoms with E-state index < -0.39 is 17.2 Å². The number of hydrogen-bond acceptors (Lipinski definition) is 9. The molecule has 12 atom stereocenters. The molecule has 3 fully saturated rings. The monoisotopic (exact) mass is 1480 g/mol. The van der Waals surface area contributed by atoms with Gasteiger partial charge in [0.15, 0.2) is 17.3 Å². The lowest BCUT2D eigenvalue weighted by atomic mass is 9.85. The van der Waals surface area contributed by atoms with Crippen molar-refractivity contribution in [3.05, 3.63) is 175 Å². The highest BCUT2D eigenvalue weighted by Gasteiger charge is 2.55. The highest BCUT2D eigenvalue weighted by atomic mass is 35.5. The largest absolute Gasteiger partial charge is 0.332 e. The molecule has 540 valence electrons. The molecular weight excluding hydrogens is 1400 g/mol. The number of carbonyl (C=O) groups excluding carboxylic acids is 3. The maximum absolute atomic E-state index is 13.5. The van der Waals surface area contributed by atoms with Crippen LogP contribution < -0.4 is 16.0 Å². The lowest BCUT2D eigenvalue weighted by Gasteiger charge is -2.48.